The summed E-state index contributed by atoms with van der Waals surface area (Å²) in [6, 6.07) is 7.38. The first-order valence-electron chi connectivity index (χ1n) is 8.16. The number of nitrogens with zero attached hydrogens (tertiary/aromatic N) is 2. The molecule has 1 aromatic carbocycles. The number of hydrogen-bond donors (Lipinski definition) is 1. The molecule has 1 N–H and O–H groups in total. The number of aromatic nitrogens is 2. The van der Waals surface area contributed by atoms with Crippen LogP contribution in [0.5, 0.6) is 5.75 Å². The lowest BCUT2D eigenvalue weighted by molar-refractivity contribution is 0.0955. The van der Waals surface area contributed by atoms with Gasteiger partial charge in [-0.15, -0.1) is 11.3 Å². The van der Waals surface area contributed by atoms with Crippen molar-refractivity contribution in [2.75, 3.05) is 0 Å². The van der Waals surface area contributed by atoms with Gasteiger partial charge in [-0.2, -0.15) is 5.10 Å². The van der Waals surface area contributed by atoms with Gasteiger partial charge in [-0.05, 0) is 49.1 Å². The van der Waals surface area contributed by atoms with Gasteiger partial charge in [-0.1, -0.05) is 11.6 Å². The predicted octanol–water partition coefficient (Wildman–Crippen LogP) is 4.26. The topological polar surface area (TPSA) is 56.1 Å². The maximum atomic E-state index is 12.3. The van der Waals surface area contributed by atoms with Gasteiger partial charge in [0.15, 0.2) is 0 Å². The molecule has 3 rings (SSSR count). The number of rotatable bonds is 6. The zero-order valence-corrected chi connectivity index (χ0v) is 16.4. The number of amides is 1. The first-order valence-corrected chi connectivity index (χ1v) is 9.42. The minimum Gasteiger partial charge on any atom is -0.489 e. The molecule has 0 unspecified atom stereocenters. The Morgan fingerprint density at radius 2 is 2.15 bits per heavy atom. The van der Waals surface area contributed by atoms with Crippen molar-refractivity contribution in [2.45, 2.75) is 27.0 Å². The zero-order chi connectivity index (χ0) is 18.7. The lowest BCUT2D eigenvalue weighted by atomic mass is 10.2. The van der Waals surface area contributed by atoms with Crippen molar-refractivity contribution in [3.05, 3.63) is 68.1 Å². The van der Waals surface area contributed by atoms with Crippen LogP contribution in [0.25, 0.3) is 0 Å². The summed E-state index contributed by atoms with van der Waals surface area (Å²) in [5.41, 5.74) is 4.01. The maximum absolute atomic E-state index is 12.3. The van der Waals surface area contributed by atoms with Crippen LogP contribution in [0.2, 0.25) is 5.02 Å². The van der Waals surface area contributed by atoms with Crippen molar-refractivity contribution < 1.29 is 9.53 Å². The molecule has 7 heteroatoms. The van der Waals surface area contributed by atoms with Crippen LogP contribution in [0.1, 0.15) is 32.1 Å². The Balaban J connectivity index is 1.56. The fourth-order valence-corrected chi connectivity index (χ4v) is 3.53. The Morgan fingerprint density at radius 3 is 2.85 bits per heavy atom. The van der Waals surface area contributed by atoms with E-state index in [-0.39, 0.29) is 5.91 Å². The Morgan fingerprint density at radius 1 is 1.35 bits per heavy atom. The standard InChI is InChI=1S/C19H20ClN3O2S/c1-12-6-16(20)4-5-17(12)25-10-14-7-18(26-11-14)19(24)21-8-15-9-22-23(3)13(15)2/h4-7,9,11H,8,10H2,1-3H3,(H,21,24). The second kappa shape index (κ2) is 7.93. The highest BCUT2D eigenvalue weighted by atomic mass is 35.5. The number of aryl methyl sites for hydroxylation is 2. The highest BCUT2D eigenvalue weighted by molar-refractivity contribution is 7.12. The highest BCUT2D eigenvalue weighted by Crippen LogP contribution is 2.24. The highest BCUT2D eigenvalue weighted by Gasteiger charge is 2.11. The van der Waals surface area contributed by atoms with Crippen molar-refractivity contribution in [3.8, 4) is 5.75 Å². The molecule has 2 heterocycles. The summed E-state index contributed by atoms with van der Waals surface area (Å²) in [7, 11) is 1.88. The lowest BCUT2D eigenvalue weighted by Crippen LogP contribution is -2.22. The van der Waals surface area contributed by atoms with Crippen LogP contribution in [0.4, 0.5) is 0 Å². The predicted molar refractivity (Wildman–Crippen MR) is 104 cm³/mol. The van der Waals surface area contributed by atoms with E-state index in [1.54, 1.807) is 16.9 Å². The summed E-state index contributed by atoms with van der Waals surface area (Å²) in [6.45, 7) is 4.81. The van der Waals surface area contributed by atoms with E-state index >= 15 is 0 Å². The van der Waals surface area contributed by atoms with Crippen LogP contribution < -0.4 is 10.1 Å². The summed E-state index contributed by atoms with van der Waals surface area (Å²) in [4.78, 5) is 13.0. The molecule has 0 bridgehead atoms. The Kier molecular flexibility index (Phi) is 5.64. The molecule has 0 aliphatic heterocycles. The van der Waals surface area contributed by atoms with Gasteiger partial charge in [0.2, 0.25) is 0 Å². The Hall–Kier alpha value is -2.31. The van der Waals surface area contributed by atoms with E-state index in [0.29, 0.717) is 23.1 Å². The van der Waals surface area contributed by atoms with E-state index < -0.39 is 0 Å². The third-order valence-electron chi connectivity index (χ3n) is 4.19. The molecular weight excluding hydrogens is 370 g/mol. The van der Waals surface area contributed by atoms with Gasteiger partial charge in [0.1, 0.15) is 12.4 Å². The van der Waals surface area contributed by atoms with Gasteiger partial charge in [0.25, 0.3) is 5.91 Å². The second-order valence-corrected chi connectivity index (χ2v) is 7.43. The zero-order valence-electron chi connectivity index (χ0n) is 14.9. The third kappa shape index (κ3) is 4.26. The van der Waals surface area contributed by atoms with Crippen LogP contribution >= 0.6 is 22.9 Å². The van der Waals surface area contributed by atoms with E-state index in [9.17, 15) is 4.79 Å². The molecule has 0 aliphatic rings. The van der Waals surface area contributed by atoms with Crippen molar-refractivity contribution in [1.82, 2.24) is 15.1 Å². The SMILES string of the molecule is Cc1cc(Cl)ccc1OCc1csc(C(=O)NCc2cnn(C)c2C)c1. The number of ether oxygens (including phenoxy) is 1. The smallest absolute Gasteiger partial charge is 0.261 e. The average Bonchev–Trinajstić information content (AvgIpc) is 3.20. The summed E-state index contributed by atoms with van der Waals surface area (Å²) >= 11 is 7.36. The first kappa shape index (κ1) is 18.5. The van der Waals surface area contributed by atoms with Gasteiger partial charge in [-0.25, -0.2) is 0 Å². The molecule has 1 amide bonds. The van der Waals surface area contributed by atoms with Crippen molar-refractivity contribution in [3.63, 3.8) is 0 Å². The number of nitrogens with one attached hydrogen (secondary N) is 1. The van der Waals surface area contributed by atoms with Crippen molar-refractivity contribution in [2.24, 2.45) is 7.05 Å². The number of halogens is 1. The summed E-state index contributed by atoms with van der Waals surface area (Å²) < 4.78 is 7.62. The average molecular weight is 390 g/mol. The molecule has 0 spiro atoms. The number of thiophene rings is 1. The van der Waals surface area contributed by atoms with Gasteiger partial charge in [0, 0.05) is 35.4 Å². The van der Waals surface area contributed by atoms with E-state index in [1.807, 2.05) is 44.5 Å². The van der Waals surface area contributed by atoms with Gasteiger partial charge in [-0.3, -0.25) is 9.48 Å². The molecule has 2 aromatic heterocycles. The Labute approximate surface area is 161 Å². The molecule has 0 saturated carbocycles. The number of carbonyl (C=O) groups is 1. The molecule has 5 nitrogen and oxygen atoms in total. The summed E-state index contributed by atoms with van der Waals surface area (Å²) in [6.07, 6.45) is 1.78. The minimum absolute atomic E-state index is 0.0906. The van der Waals surface area contributed by atoms with Gasteiger partial charge < -0.3 is 10.1 Å². The molecular formula is C19H20ClN3O2S. The largest absolute Gasteiger partial charge is 0.489 e. The molecule has 136 valence electrons. The number of carbonyl (C=O) groups excluding carboxylic acids is 1. The number of benzene rings is 1. The van der Waals surface area contributed by atoms with Gasteiger partial charge >= 0.3 is 0 Å². The normalized spacial score (nSPS) is 10.8. The maximum Gasteiger partial charge on any atom is 0.261 e. The van der Waals surface area contributed by atoms with Crippen LogP contribution in [0.3, 0.4) is 0 Å². The molecule has 26 heavy (non-hydrogen) atoms. The monoisotopic (exact) mass is 389 g/mol. The van der Waals surface area contributed by atoms with Crippen LogP contribution in [0.15, 0.2) is 35.8 Å². The van der Waals surface area contributed by atoms with Crippen molar-refractivity contribution >= 4 is 28.8 Å². The molecule has 0 atom stereocenters. The van der Waals surface area contributed by atoms with E-state index in [2.05, 4.69) is 10.4 Å². The molecule has 0 aliphatic carbocycles. The van der Waals surface area contributed by atoms with E-state index in [4.69, 9.17) is 16.3 Å². The van der Waals surface area contributed by atoms with Crippen LogP contribution in [-0.4, -0.2) is 15.7 Å². The lowest BCUT2D eigenvalue weighted by Gasteiger charge is -2.08. The second-order valence-electron chi connectivity index (χ2n) is 6.08. The minimum atomic E-state index is -0.0906. The van der Waals surface area contributed by atoms with E-state index in [0.717, 1.165) is 28.1 Å². The molecule has 0 saturated heterocycles. The fraction of sp³-hybridized carbons (Fsp3) is 0.263. The molecule has 0 fully saturated rings. The summed E-state index contributed by atoms with van der Waals surface area (Å²) in [5, 5.41) is 9.74. The first-order chi connectivity index (χ1) is 12.4. The van der Waals surface area contributed by atoms with Gasteiger partial charge in [0.05, 0.1) is 11.1 Å². The summed E-state index contributed by atoms with van der Waals surface area (Å²) in [5.74, 6) is 0.700. The quantitative estimate of drug-likeness (QED) is 0.685. The third-order valence-corrected chi connectivity index (χ3v) is 5.40. The number of hydrogen-bond acceptors (Lipinski definition) is 4. The van der Waals surface area contributed by atoms with Crippen LogP contribution in [-0.2, 0) is 20.2 Å². The fourth-order valence-electron chi connectivity index (χ4n) is 2.49. The van der Waals surface area contributed by atoms with E-state index in [1.165, 1.54) is 11.3 Å². The van der Waals surface area contributed by atoms with Crippen molar-refractivity contribution in [1.29, 1.82) is 0 Å². The molecule has 3 aromatic rings. The van der Waals surface area contributed by atoms with Crippen LogP contribution in [0, 0.1) is 13.8 Å². The Bertz CT molecular complexity index is 933. The molecule has 0 radical (unpaired) electrons.